The topological polar surface area (TPSA) is 68.1 Å². The highest BCUT2D eigenvalue weighted by Gasteiger charge is 2.19. The van der Waals surface area contributed by atoms with Crippen LogP contribution in [0.25, 0.3) is 16.6 Å². The summed E-state index contributed by atoms with van der Waals surface area (Å²) in [5.74, 6) is 1.57. The number of thiophene rings is 1. The van der Waals surface area contributed by atoms with E-state index in [9.17, 15) is 0 Å². The average molecular weight is 423 g/mol. The molecule has 0 fully saturated rings. The Kier molecular flexibility index (Phi) is 5.69. The van der Waals surface area contributed by atoms with Gasteiger partial charge in [-0.1, -0.05) is 12.1 Å². The molecule has 0 aliphatic heterocycles. The zero-order valence-electron chi connectivity index (χ0n) is 17.9. The van der Waals surface area contributed by atoms with Crippen LogP contribution in [-0.2, 0) is 0 Å². The highest BCUT2D eigenvalue weighted by Crippen LogP contribution is 2.30. The maximum Gasteiger partial charge on any atom is 0.179 e. The fourth-order valence-corrected chi connectivity index (χ4v) is 4.33. The van der Waals surface area contributed by atoms with Crippen LogP contribution in [0.2, 0.25) is 0 Å². The number of benzene rings is 1. The number of aromatic nitrogens is 4. The Balaban J connectivity index is 1.74. The van der Waals surface area contributed by atoms with Crippen molar-refractivity contribution in [2.75, 3.05) is 32.6 Å². The first-order chi connectivity index (χ1) is 14.5. The lowest BCUT2D eigenvalue weighted by Gasteiger charge is -2.18. The van der Waals surface area contributed by atoms with Gasteiger partial charge in [0.2, 0.25) is 0 Å². The number of hydrogen-bond donors (Lipinski definition) is 1. The number of nitrogens with one attached hydrogen (secondary N) is 1. The Hall–Kier alpha value is -2.97. The Bertz CT molecular complexity index is 1150. The van der Waals surface area contributed by atoms with Crippen molar-refractivity contribution in [2.45, 2.75) is 20.0 Å². The minimum atomic E-state index is -0.0426. The third-order valence-electron chi connectivity index (χ3n) is 5.00. The van der Waals surface area contributed by atoms with Crippen LogP contribution in [0.1, 0.15) is 22.4 Å². The lowest BCUT2D eigenvalue weighted by atomic mass is 10.2. The van der Waals surface area contributed by atoms with Crippen molar-refractivity contribution in [1.29, 1.82) is 0 Å². The van der Waals surface area contributed by atoms with Crippen molar-refractivity contribution in [1.82, 2.24) is 25.3 Å². The number of hydrogen-bond acceptors (Lipinski definition) is 7. The largest absolute Gasteiger partial charge is 0.483 e. The Morgan fingerprint density at radius 2 is 2.00 bits per heavy atom. The van der Waals surface area contributed by atoms with Gasteiger partial charge in [0.05, 0.1) is 22.5 Å². The second-order valence-electron chi connectivity index (χ2n) is 7.40. The molecule has 3 aromatic heterocycles. The minimum absolute atomic E-state index is 0.0426. The van der Waals surface area contributed by atoms with Crippen molar-refractivity contribution in [3.8, 4) is 11.4 Å². The third kappa shape index (κ3) is 3.76. The molecule has 0 aliphatic carbocycles. The molecule has 0 amide bonds. The molecule has 1 aromatic carbocycles. The summed E-state index contributed by atoms with van der Waals surface area (Å²) in [7, 11) is 5.84. The molecule has 4 rings (SSSR count). The van der Waals surface area contributed by atoms with Crippen molar-refractivity contribution in [3.05, 3.63) is 58.0 Å². The average Bonchev–Trinajstić information content (AvgIpc) is 3.37. The fraction of sp³-hybridized carbons (Fsp3) is 0.318. The van der Waals surface area contributed by atoms with Gasteiger partial charge in [-0.2, -0.15) is 10.2 Å². The van der Waals surface area contributed by atoms with Crippen molar-refractivity contribution < 1.29 is 4.74 Å². The lowest BCUT2D eigenvalue weighted by Crippen LogP contribution is -2.21. The Morgan fingerprint density at radius 3 is 2.70 bits per heavy atom. The molecular formula is C22H26N6OS. The number of aryl methyl sites for hydroxylation is 2. The molecule has 1 N–H and O–H groups in total. The second kappa shape index (κ2) is 8.41. The van der Waals surface area contributed by atoms with E-state index in [0.717, 1.165) is 46.1 Å². The number of nitrogens with zero attached hydrogens (tertiary/aromatic N) is 5. The van der Waals surface area contributed by atoms with Crippen molar-refractivity contribution >= 4 is 28.1 Å². The second-order valence-corrected chi connectivity index (χ2v) is 8.38. The van der Waals surface area contributed by atoms with Crippen LogP contribution in [0.5, 0.6) is 5.75 Å². The molecule has 0 saturated carbocycles. The van der Waals surface area contributed by atoms with Gasteiger partial charge < -0.3 is 15.0 Å². The van der Waals surface area contributed by atoms with Crippen LogP contribution in [0.4, 0.5) is 5.82 Å². The maximum atomic E-state index is 6.33. The molecule has 156 valence electrons. The first-order valence-electron chi connectivity index (χ1n) is 9.84. The molecule has 3 heterocycles. The molecule has 1 unspecified atom stereocenters. The zero-order chi connectivity index (χ0) is 21.3. The van der Waals surface area contributed by atoms with E-state index in [1.165, 1.54) is 4.88 Å². The first-order valence-corrected chi connectivity index (χ1v) is 10.7. The summed E-state index contributed by atoms with van der Waals surface area (Å²) in [6.07, 6.45) is -0.0426. The standard InChI is InChI=1S/C22H26N6OS/c1-14-20-15(2)28(26-21(20)22(25-24-14)27(4)5)16-8-6-9-17(12-16)29-18(13-23-3)19-10-7-11-30-19/h6-12,18,23H,13H2,1-5H3. The maximum absolute atomic E-state index is 6.33. The van der Waals surface area contributed by atoms with E-state index in [1.807, 2.05) is 68.0 Å². The smallest absolute Gasteiger partial charge is 0.179 e. The van der Waals surface area contributed by atoms with Gasteiger partial charge in [0.25, 0.3) is 0 Å². The van der Waals surface area contributed by atoms with Crippen LogP contribution >= 0.6 is 11.3 Å². The number of anilines is 1. The van der Waals surface area contributed by atoms with Gasteiger partial charge in [-0.15, -0.1) is 16.4 Å². The summed E-state index contributed by atoms with van der Waals surface area (Å²) in [6.45, 7) is 4.77. The van der Waals surface area contributed by atoms with Crippen LogP contribution < -0.4 is 15.0 Å². The molecule has 4 aromatic rings. The molecular weight excluding hydrogens is 396 g/mol. The fourth-order valence-electron chi connectivity index (χ4n) is 3.58. The van der Waals surface area contributed by atoms with E-state index in [4.69, 9.17) is 9.84 Å². The van der Waals surface area contributed by atoms with Crippen molar-refractivity contribution in [3.63, 3.8) is 0 Å². The van der Waals surface area contributed by atoms with E-state index >= 15 is 0 Å². The molecule has 0 radical (unpaired) electrons. The SMILES string of the molecule is CNCC(Oc1cccc(-n2nc3c(N(C)C)nnc(C)c3c2C)c1)c1cccs1. The van der Waals surface area contributed by atoms with Gasteiger partial charge >= 0.3 is 0 Å². The van der Waals surface area contributed by atoms with E-state index in [1.54, 1.807) is 11.3 Å². The third-order valence-corrected chi connectivity index (χ3v) is 5.96. The highest BCUT2D eigenvalue weighted by atomic mass is 32.1. The predicted molar refractivity (Wildman–Crippen MR) is 122 cm³/mol. The highest BCUT2D eigenvalue weighted by molar-refractivity contribution is 7.10. The minimum Gasteiger partial charge on any atom is -0.483 e. The summed E-state index contributed by atoms with van der Waals surface area (Å²) in [5.41, 5.74) is 3.70. The summed E-state index contributed by atoms with van der Waals surface area (Å²) in [5, 5.41) is 19.9. The first kappa shape index (κ1) is 20.3. The van der Waals surface area contributed by atoms with E-state index in [2.05, 4.69) is 33.9 Å². The van der Waals surface area contributed by atoms with Gasteiger partial charge in [-0.25, -0.2) is 4.68 Å². The van der Waals surface area contributed by atoms with Gasteiger partial charge in [-0.3, -0.25) is 0 Å². The van der Waals surface area contributed by atoms with E-state index < -0.39 is 0 Å². The predicted octanol–water partition coefficient (Wildman–Crippen LogP) is 3.90. The number of likely N-dealkylation sites (N-methyl/N-ethyl adjacent to an activating group) is 1. The molecule has 0 aliphatic rings. The molecule has 0 spiro atoms. The monoisotopic (exact) mass is 422 g/mol. The summed E-state index contributed by atoms with van der Waals surface area (Å²) >= 11 is 1.70. The van der Waals surface area contributed by atoms with Crippen LogP contribution in [-0.4, -0.2) is 47.7 Å². The quantitative estimate of drug-likeness (QED) is 0.487. The summed E-state index contributed by atoms with van der Waals surface area (Å²) < 4.78 is 8.28. The van der Waals surface area contributed by atoms with Crippen molar-refractivity contribution in [2.24, 2.45) is 0 Å². The van der Waals surface area contributed by atoms with Crippen LogP contribution in [0.3, 0.4) is 0 Å². The van der Waals surface area contributed by atoms with Crippen LogP contribution in [0, 0.1) is 13.8 Å². The summed E-state index contributed by atoms with van der Waals surface area (Å²) in [6, 6.07) is 12.2. The molecule has 30 heavy (non-hydrogen) atoms. The van der Waals surface area contributed by atoms with E-state index in [-0.39, 0.29) is 6.10 Å². The zero-order valence-corrected chi connectivity index (χ0v) is 18.7. The van der Waals surface area contributed by atoms with Gasteiger partial charge in [-0.05, 0) is 44.5 Å². The molecule has 0 saturated heterocycles. The van der Waals surface area contributed by atoms with Gasteiger partial charge in [0, 0.05) is 31.6 Å². The molecule has 8 heteroatoms. The number of ether oxygens (including phenoxy) is 1. The normalized spacial score (nSPS) is 12.3. The molecule has 0 bridgehead atoms. The Labute approximate surface area is 180 Å². The molecule has 1 atom stereocenters. The number of fused-ring (bicyclic) bond motifs is 1. The Morgan fingerprint density at radius 1 is 1.17 bits per heavy atom. The number of rotatable bonds is 7. The lowest BCUT2D eigenvalue weighted by molar-refractivity contribution is 0.208. The summed E-state index contributed by atoms with van der Waals surface area (Å²) in [4.78, 5) is 3.13. The van der Waals surface area contributed by atoms with Gasteiger partial charge in [0.15, 0.2) is 5.82 Å². The van der Waals surface area contributed by atoms with Gasteiger partial charge in [0.1, 0.15) is 17.4 Å². The van der Waals surface area contributed by atoms with E-state index in [0.29, 0.717) is 0 Å². The van der Waals surface area contributed by atoms with Crippen LogP contribution in [0.15, 0.2) is 41.8 Å². The molecule has 7 nitrogen and oxygen atoms in total.